The highest BCUT2D eigenvalue weighted by Crippen LogP contribution is 2.33. The number of anilines is 1. The molecule has 0 aromatic heterocycles. The molecule has 1 N–H and O–H groups in total. The Bertz CT molecular complexity index is 737. The van der Waals surface area contributed by atoms with E-state index in [1.54, 1.807) is 12.1 Å². The Hall–Kier alpha value is -2.13. The van der Waals surface area contributed by atoms with Crippen LogP contribution in [0.2, 0.25) is 5.02 Å². The van der Waals surface area contributed by atoms with E-state index < -0.39 is 0 Å². The van der Waals surface area contributed by atoms with Gasteiger partial charge >= 0.3 is 0 Å². The number of fused-ring (bicyclic) bond motifs is 2. The fraction of sp³-hybridized carbons (Fsp3) is 0.125. The van der Waals surface area contributed by atoms with Crippen molar-refractivity contribution in [1.82, 2.24) is 0 Å². The van der Waals surface area contributed by atoms with E-state index >= 15 is 0 Å². The molecule has 3 nitrogen and oxygen atoms in total. The monoisotopic (exact) mass is 285 g/mol. The minimum Gasteiger partial charge on any atom is -0.325 e. The van der Waals surface area contributed by atoms with E-state index in [1.807, 2.05) is 24.3 Å². The third-order valence-corrected chi connectivity index (χ3v) is 3.70. The van der Waals surface area contributed by atoms with E-state index in [9.17, 15) is 9.59 Å². The highest BCUT2D eigenvalue weighted by atomic mass is 35.5. The summed E-state index contributed by atoms with van der Waals surface area (Å²) in [4.78, 5) is 23.6. The zero-order valence-corrected chi connectivity index (χ0v) is 11.6. The minimum atomic E-state index is -0.186. The molecule has 20 heavy (non-hydrogen) atoms. The van der Waals surface area contributed by atoms with Crippen molar-refractivity contribution in [2.24, 2.45) is 0 Å². The van der Waals surface area contributed by atoms with Gasteiger partial charge in [-0.05, 0) is 29.7 Å². The second kappa shape index (κ2) is 4.76. The molecule has 0 fully saturated rings. The first-order chi connectivity index (χ1) is 9.56. The average molecular weight is 286 g/mol. The summed E-state index contributed by atoms with van der Waals surface area (Å²) in [5.74, 6) is -0.201. The molecule has 0 atom stereocenters. The summed E-state index contributed by atoms with van der Waals surface area (Å²) in [5, 5.41) is 3.06. The highest BCUT2D eigenvalue weighted by Gasteiger charge is 2.24. The maximum absolute atomic E-state index is 12.4. The number of carbonyl (C=O) groups is 2. The molecule has 4 heteroatoms. The van der Waals surface area contributed by atoms with Gasteiger partial charge in [-0.1, -0.05) is 35.9 Å². The van der Waals surface area contributed by atoms with Crippen molar-refractivity contribution in [3.63, 3.8) is 0 Å². The van der Waals surface area contributed by atoms with Crippen molar-refractivity contribution in [2.45, 2.75) is 13.3 Å². The minimum absolute atomic E-state index is 0.0156. The summed E-state index contributed by atoms with van der Waals surface area (Å²) in [5.41, 5.74) is 3.78. The fourth-order valence-electron chi connectivity index (χ4n) is 2.51. The zero-order chi connectivity index (χ0) is 14.3. The molecule has 0 radical (unpaired) electrons. The molecule has 1 aliphatic rings. The van der Waals surface area contributed by atoms with Crippen LogP contribution < -0.4 is 5.32 Å². The largest absolute Gasteiger partial charge is 0.325 e. The Balaban J connectivity index is 2.11. The Labute approximate surface area is 121 Å². The van der Waals surface area contributed by atoms with Crippen molar-refractivity contribution >= 4 is 29.0 Å². The van der Waals surface area contributed by atoms with Gasteiger partial charge in [-0.3, -0.25) is 9.59 Å². The molecule has 2 aromatic rings. The quantitative estimate of drug-likeness (QED) is 0.744. The maximum Gasteiger partial charge on any atom is 0.221 e. The number of hydrogen-bond acceptors (Lipinski definition) is 2. The van der Waals surface area contributed by atoms with Crippen LogP contribution in [0, 0.1) is 0 Å². The highest BCUT2D eigenvalue weighted by molar-refractivity contribution is 6.34. The van der Waals surface area contributed by atoms with Crippen LogP contribution >= 0.6 is 11.6 Å². The van der Waals surface area contributed by atoms with Gasteiger partial charge in [-0.15, -0.1) is 0 Å². The number of rotatable bonds is 1. The van der Waals surface area contributed by atoms with E-state index in [4.69, 9.17) is 11.6 Å². The van der Waals surface area contributed by atoms with Crippen LogP contribution in [0.3, 0.4) is 0 Å². The SMILES string of the molecule is CC(=O)Nc1cc2c(cc1Cl)C(=O)c1ccccc1C2. The predicted octanol–water partition coefficient (Wildman–Crippen LogP) is 3.43. The lowest BCUT2D eigenvalue weighted by Crippen LogP contribution is -2.16. The molecule has 0 bridgehead atoms. The number of carbonyl (C=O) groups excluding carboxylic acids is 2. The van der Waals surface area contributed by atoms with Gasteiger partial charge in [0.1, 0.15) is 0 Å². The van der Waals surface area contributed by atoms with E-state index in [0.29, 0.717) is 22.7 Å². The van der Waals surface area contributed by atoms with Crippen LogP contribution in [0.1, 0.15) is 34.0 Å². The number of nitrogens with one attached hydrogen (secondary N) is 1. The van der Waals surface area contributed by atoms with Gasteiger partial charge in [0.25, 0.3) is 0 Å². The van der Waals surface area contributed by atoms with Gasteiger partial charge in [0.2, 0.25) is 5.91 Å². The Morgan fingerprint density at radius 3 is 2.65 bits per heavy atom. The second-order valence-electron chi connectivity index (χ2n) is 4.83. The van der Waals surface area contributed by atoms with Crippen molar-refractivity contribution in [3.05, 3.63) is 63.7 Å². The molecule has 100 valence electrons. The van der Waals surface area contributed by atoms with Gasteiger partial charge in [0.15, 0.2) is 5.78 Å². The maximum atomic E-state index is 12.4. The lowest BCUT2D eigenvalue weighted by molar-refractivity contribution is -0.114. The molecule has 0 unspecified atom stereocenters. The molecular formula is C16H12ClNO2. The van der Waals surface area contributed by atoms with Crippen molar-refractivity contribution in [1.29, 1.82) is 0 Å². The van der Waals surface area contributed by atoms with Crippen LogP contribution in [-0.4, -0.2) is 11.7 Å². The van der Waals surface area contributed by atoms with Crippen LogP contribution in [0.15, 0.2) is 36.4 Å². The fourth-order valence-corrected chi connectivity index (χ4v) is 2.72. The van der Waals surface area contributed by atoms with Gasteiger partial charge in [0.05, 0.1) is 10.7 Å². The topological polar surface area (TPSA) is 46.2 Å². The van der Waals surface area contributed by atoms with Crippen molar-refractivity contribution < 1.29 is 9.59 Å². The number of halogens is 1. The molecule has 0 saturated carbocycles. The predicted molar refractivity (Wildman–Crippen MR) is 78.4 cm³/mol. The number of hydrogen-bond donors (Lipinski definition) is 1. The molecule has 0 aliphatic heterocycles. The molecule has 3 rings (SSSR count). The van der Waals surface area contributed by atoms with E-state index in [1.165, 1.54) is 6.92 Å². The van der Waals surface area contributed by atoms with Crippen LogP contribution in [-0.2, 0) is 11.2 Å². The summed E-state index contributed by atoms with van der Waals surface area (Å²) in [6.45, 7) is 1.43. The van der Waals surface area contributed by atoms with Gasteiger partial charge in [-0.25, -0.2) is 0 Å². The smallest absolute Gasteiger partial charge is 0.221 e. The number of benzene rings is 2. The normalized spacial score (nSPS) is 12.6. The third-order valence-electron chi connectivity index (χ3n) is 3.39. The van der Waals surface area contributed by atoms with Crippen LogP contribution in [0.25, 0.3) is 0 Å². The van der Waals surface area contributed by atoms with E-state index in [2.05, 4.69) is 5.32 Å². The first-order valence-electron chi connectivity index (χ1n) is 6.29. The molecule has 2 aromatic carbocycles. The standard InChI is InChI=1S/C16H12ClNO2/c1-9(19)18-15-7-11-6-10-4-2-3-5-12(10)16(20)13(11)8-14(15)17/h2-5,7-8H,6H2,1H3,(H,18,19). The molecule has 1 amide bonds. The van der Waals surface area contributed by atoms with Gasteiger partial charge in [-0.2, -0.15) is 0 Å². The average Bonchev–Trinajstić information content (AvgIpc) is 2.41. The summed E-state index contributed by atoms with van der Waals surface area (Å²) in [7, 11) is 0. The van der Waals surface area contributed by atoms with E-state index in [0.717, 1.165) is 16.7 Å². The molecular weight excluding hydrogens is 274 g/mol. The lowest BCUT2D eigenvalue weighted by Gasteiger charge is -2.20. The second-order valence-corrected chi connectivity index (χ2v) is 5.24. The van der Waals surface area contributed by atoms with E-state index in [-0.39, 0.29) is 11.7 Å². The van der Waals surface area contributed by atoms with Crippen molar-refractivity contribution in [3.8, 4) is 0 Å². The van der Waals surface area contributed by atoms with Crippen LogP contribution in [0.5, 0.6) is 0 Å². The van der Waals surface area contributed by atoms with Crippen LogP contribution in [0.4, 0.5) is 5.69 Å². The molecule has 0 heterocycles. The third kappa shape index (κ3) is 2.10. The Morgan fingerprint density at radius 1 is 1.15 bits per heavy atom. The van der Waals surface area contributed by atoms with Crippen molar-refractivity contribution in [2.75, 3.05) is 5.32 Å². The van der Waals surface area contributed by atoms with Gasteiger partial charge < -0.3 is 5.32 Å². The summed E-state index contributed by atoms with van der Waals surface area (Å²) < 4.78 is 0. The molecule has 1 aliphatic carbocycles. The Kier molecular flexibility index (Phi) is 3.07. The zero-order valence-electron chi connectivity index (χ0n) is 10.9. The first-order valence-corrected chi connectivity index (χ1v) is 6.66. The molecule has 0 spiro atoms. The van der Waals surface area contributed by atoms with Gasteiger partial charge in [0, 0.05) is 18.1 Å². The summed E-state index contributed by atoms with van der Waals surface area (Å²) in [6.07, 6.45) is 0.668. The summed E-state index contributed by atoms with van der Waals surface area (Å²) >= 11 is 6.13. The number of amides is 1. The first kappa shape index (κ1) is 12.9. The Morgan fingerprint density at radius 2 is 1.90 bits per heavy atom. The lowest BCUT2D eigenvalue weighted by atomic mass is 9.85. The molecule has 0 saturated heterocycles. The summed E-state index contributed by atoms with van der Waals surface area (Å²) in [6, 6.07) is 11.0. The number of ketones is 1.